The molecule has 1 saturated heterocycles. The number of hydrogen-bond donors (Lipinski definition) is 0. The number of aromatic nitrogens is 1. The summed E-state index contributed by atoms with van der Waals surface area (Å²) in [5.41, 5.74) is 1.39. The molecule has 0 unspecified atom stereocenters. The fraction of sp³-hybridized carbons (Fsp3) is 0.474. The van der Waals surface area contributed by atoms with E-state index in [1.54, 1.807) is 12.1 Å². The number of nitrogens with zero attached hydrogens (tertiary/aromatic N) is 2. The van der Waals surface area contributed by atoms with E-state index in [1.807, 2.05) is 5.38 Å². The van der Waals surface area contributed by atoms with Gasteiger partial charge in [0, 0.05) is 23.5 Å². The average Bonchev–Trinajstić information content (AvgIpc) is 3.11. The first-order valence-electron chi connectivity index (χ1n) is 8.75. The minimum Gasteiger partial charge on any atom is -0.334 e. The third kappa shape index (κ3) is 2.97. The standard InChI is InChI=1S/C19H21FN2OS/c20-15-9-7-14(8-10-15)18-21-16(12-24-18)19(23)22-11-3-5-13-4-1-2-6-17(13)22/h7-10,12-13,17H,1-6,11H2/t13-,17-/m0/s1. The van der Waals surface area contributed by atoms with E-state index in [-0.39, 0.29) is 11.7 Å². The van der Waals surface area contributed by atoms with E-state index < -0.39 is 0 Å². The molecule has 0 spiro atoms. The summed E-state index contributed by atoms with van der Waals surface area (Å²) in [7, 11) is 0. The summed E-state index contributed by atoms with van der Waals surface area (Å²) < 4.78 is 13.1. The van der Waals surface area contributed by atoms with E-state index in [9.17, 15) is 9.18 Å². The number of thiazole rings is 1. The van der Waals surface area contributed by atoms with Gasteiger partial charge in [-0.25, -0.2) is 9.37 Å². The third-order valence-electron chi connectivity index (χ3n) is 5.32. The van der Waals surface area contributed by atoms with Gasteiger partial charge in [0.15, 0.2) is 0 Å². The van der Waals surface area contributed by atoms with E-state index in [0.29, 0.717) is 17.7 Å². The Morgan fingerprint density at radius 1 is 1.12 bits per heavy atom. The Kier molecular flexibility index (Phi) is 4.35. The van der Waals surface area contributed by atoms with E-state index in [2.05, 4.69) is 9.88 Å². The van der Waals surface area contributed by atoms with Gasteiger partial charge in [-0.2, -0.15) is 0 Å². The number of hydrogen-bond acceptors (Lipinski definition) is 3. The normalized spacial score (nSPS) is 23.8. The van der Waals surface area contributed by atoms with E-state index in [1.165, 1.54) is 49.2 Å². The number of likely N-dealkylation sites (tertiary alicyclic amines) is 1. The number of carbonyl (C=O) groups is 1. The molecule has 0 N–H and O–H groups in total. The van der Waals surface area contributed by atoms with Crippen molar-refractivity contribution in [3.63, 3.8) is 0 Å². The second-order valence-corrected chi connectivity index (χ2v) is 7.66. The summed E-state index contributed by atoms with van der Waals surface area (Å²) in [6.45, 7) is 0.851. The Labute approximate surface area is 145 Å². The van der Waals surface area contributed by atoms with Crippen LogP contribution in [0.2, 0.25) is 0 Å². The molecule has 2 atom stereocenters. The SMILES string of the molecule is O=C(c1csc(-c2ccc(F)cc2)n1)N1CCC[C@@H]2CCCC[C@@H]21. The van der Waals surface area contributed by atoms with Gasteiger partial charge in [-0.15, -0.1) is 11.3 Å². The number of piperidine rings is 1. The lowest BCUT2D eigenvalue weighted by Crippen LogP contribution is -2.49. The molecule has 2 fully saturated rings. The first kappa shape index (κ1) is 15.8. The Morgan fingerprint density at radius 2 is 1.88 bits per heavy atom. The van der Waals surface area contributed by atoms with Crippen molar-refractivity contribution in [1.29, 1.82) is 0 Å². The van der Waals surface area contributed by atoms with Crippen LogP contribution in [0.5, 0.6) is 0 Å². The number of halogens is 1. The van der Waals surface area contributed by atoms with Crippen molar-refractivity contribution in [1.82, 2.24) is 9.88 Å². The van der Waals surface area contributed by atoms with E-state index in [4.69, 9.17) is 0 Å². The summed E-state index contributed by atoms with van der Waals surface area (Å²) in [5.74, 6) is 0.478. The molecule has 126 valence electrons. The first-order chi connectivity index (χ1) is 11.7. The van der Waals surface area contributed by atoms with Gasteiger partial charge in [0.2, 0.25) is 0 Å². The molecule has 2 aliphatic rings. The highest BCUT2D eigenvalue weighted by Gasteiger charge is 2.36. The molecule has 1 saturated carbocycles. The quantitative estimate of drug-likeness (QED) is 0.788. The summed E-state index contributed by atoms with van der Waals surface area (Å²) >= 11 is 1.45. The van der Waals surface area contributed by atoms with Gasteiger partial charge < -0.3 is 4.90 Å². The van der Waals surface area contributed by atoms with Gasteiger partial charge in [0.25, 0.3) is 5.91 Å². The van der Waals surface area contributed by atoms with Crippen LogP contribution in [-0.4, -0.2) is 28.4 Å². The van der Waals surface area contributed by atoms with Crippen LogP contribution in [-0.2, 0) is 0 Å². The van der Waals surface area contributed by atoms with Gasteiger partial charge in [0.1, 0.15) is 16.5 Å². The molecular weight excluding hydrogens is 323 g/mol. The lowest BCUT2D eigenvalue weighted by atomic mass is 9.78. The van der Waals surface area contributed by atoms with Crippen LogP contribution in [0, 0.1) is 11.7 Å². The third-order valence-corrected chi connectivity index (χ3v) is 6.21. The second-order valence-electron chi connectivity index (χ2n) is 6.80. The minimum absolute atomic E-state index is 0.0659. The van der Waals surface area contributed by atoms with Crippen molar-refractivity contribution in [2.45, 2.75) is 44.6 Å². The minimum atomic E-state index is -0.261. The van der Waals surface area contributed by atoms with Gasteiger partial charge in [0.05, 0.1) is 0 Å². The maximum atomic E-state index is 13.1. The number of benzene rings is 1. The maximum Gasteiger partial charge on any atom is 0.273 e. The van der Waals surface area contributed by atoms with Gasteiger partial charge in [-0.1, -0.05) is 12.8 Å². The van der Waals surface area contributed by atoms with Crippen molar-refractivity contribution in [2.75, 3.05) is 6.54 Å². The van der Waals surface area contributed by atoms with Crippen LogP contribution in [0.3, 0.4) is 0 Å². The van der Waals surface area contributed by atoms with Gasteiger partial charge in [-0.05, 0) is 55.9 Å². The maximum absolute atomic E-state index is 13.1. The molecule has 24 heavy (non-hydrogen) atoms. The fourth-order valence-corrected chi connectivity index (χ4v) is 4.92. The Balaban J connectivity index is 1.55. The second kappa shape index (κ2) is 6.63. The molecule has 1 aromatic carbocycles. The van der Waals surface area contributed by atoms with Crippen LogP contribution in [0.4, 0.5) is 4.39 Å². The molecule has 4 rings (SSSR count). The van der Waals surface area contributed by atoms with Gasteiger partial charge >= 0.3 is 0 Å². The molecule has 5 heteroatoms. The number of amides is 1. The first-order valence-corrected chi connectivity index (χ1v) is 9.63. The van der Waals surface area contributed by atoms with Crippen molar-refractivity contribution in [2.24, 2.45) is 5.92 Å². The van der Waals surface area contributed by atoms with Crippen LogP contribution in [0.15, 0.2) is 29.6 Å². The van der Waals surface area contributed by atoms with Crippen molar-refractivity contribution >= 4 is 17.2 Å². The summed E-state index contributed by atoms with van der Waals surface area (Å²) in [6.07, 6.45) is 7.27. The molecule has 1 aliphatic carbocycles. The monoisotopic (exact) mass is 344 g/mol. The smallest absolute Gasteiger partial charge is 0.273 e. The van der Waals surface area contributed by atoms with Crippen molar-refractivity contribution in [3.05, 3.63) is 41.2 Å². The summed E-state index contributed by atoms with van der Waals surface area (Å²) in [5, 5.41) is 2.61. The lowest BCUT2D eigenvalue weighted by molar-refractivity contribution is 0.0386. The lowest BCUT2D eigenvalue weighted by Gasteiger charge is -2.43. The Hall–Kier alpha value is -1.75. The molecule has 0 radical (unpaired) electrons. The highest BCUT2D eigenvalue weighted by atomic mass is 32.1. The largest absolute Gasteiger partial charge is 0.334 e. The van der Waals surface area contributed by atoms with E-state index >= 15 is 0 Å². The molecule has 2 heterocycles. The molecule has 3 nitrogen and oxygen atoms in total. The number of rotatable bonds is 2. The van der Waals surface area contributed by atoms with E-state index in [0.717, 1.165) is 30.0 Å². The van der Waals surface area contributed by atoms with Crippen LogP contribution in [0.25, 0.3) is 10.6 Å². The molecule has 2 aromatic rings. The summed E-state index contributed by atoms with van der Waals surface area (Å²) in [6, 6.07) is 6.67. The van der Waals surface area contributed by atoms with Crippen LogP contribution in [0.1, 0.15) is 49.0 Å². The van der Waals surface area contributed by atoms with Crippen molar-refractivity contribution < 1.29 is 9.18 Å². The molecule has 1 amide bonds. The molecule has 1 aliphatic heterocycles. The van der Waals surface area contributed by atoms with Gasteiger partial charge in [-0.3, -0.25) is 4.79 Å². The summed E-state index contributed by atoms with van der Waals surface area (Å²) in [4.78, 5) is 19.6. The van der Waals surface area contributed by atoms with Crippen LogP contribution >= 0.6 is 11.3 Å². The Bertz CT molecular complexity index is 725. The predicted octanol–water partition coefficient (Wildman–Crippen LogP) is 4.74. The molecule has 0 bridgehead atoms. The zero-order valence-electron chi connectivity index (χ0n) is 13.6. The zero-order valence-corrected chi connectivity index (χ0v) is 14.4. The molecular formula is C19H21FN2OS. The zero-order chi connectivity index (χ0) is 16.5. The topological polar surface area (TPSA) is 33.2 Å². The van der Waals surface area contributed by atoms with Crippen molar-refractivity contribution in [3.8, 4) is 10.6 Å². The average molecular weight is 344 g/mol. The highest BCUT2D eigenvalue weighted by Crippen LogP contribution is 2.36. The predicted molar refractivity (Wildman–Crippen MR) is 93.5 cm³/mol. The molecule has 1 aromatic heterocycles. The Morgan fingerprint density at radius 3 is 2.71 bits per heavy atom. The van der Waals surface area contributed by atoms with Crippen LogP contribution < -0.4 is 0 Å². The number of fused-ring (bicyclic) bond motifs is 1. The fourth-order valence-electron chi connectivity index (χ4n) is 4.12. The highest BCUT2D eigenvalue weighted by molar-refractivity contribution is 7.13. The number of carbonyl (C=O) groups excluding carboxylic acids is 1.